The van der Waals surface area contributed by atoms with E-state index in [9.17, 15) is 9.59 Å². The Balaban J connectivity index is 1.75. The summed E-state index contributed by atoms with van der Waals surface area (Å²) >= 11 is 0. The zero-order valence-electron chi connectivity index (χ0n) is 13.0. The van der Waals surface area contributed by atoms with E-state index in [-0.39, 0.29) is 24.2 Å². The summed E-state index contributed by atoms with van der Waals surface area (Å²) in [6, 6.07) is 7.37. The number of hydrogen-bond donors (Lipinski definition) is 3. The van der Waals surface area contributed by atoms with Gasteiger partial charge in [0.15, 0.2) is 0 Å². The van der Waals surface area contributed by atoms with Crippen molar-refractivity contribution in [2.75, 3.05) is 6.61 Å². The van der Waals surface area contributed by atoms with Crippen molar-refractivity contribution in [1.82, 2.24) is 16.3 Å². The van der Waals surface area contributed by atoms with Crippen molar-refractivity contribution < 1.29 is 14.3 Å². The predicted molar refractivity (Wildman–Crippen MR) is 86.5 cm³/mol. The van der Waals surface area contributed by atoms with Gasteiger partial charge in [-0.3, -0.25) is 15.0 Å². The van der Waals surface area contributed by atoms with Crippen LogP contribution in [0.4, 0.5) is 0 Å². The number of nitrogens with zero attached hydrogens (tertiary/aromatic N) is 1. The quantitative estimate of drug-likeness (QED) is 0.518. The van der Waals surface area contributed by atoms with Crippen molar-refractivity contribution in [3.8, 4) is 5.75 Å². The fourth-order valence-corrected chi connectivity index (χ4v) is 2.11. The third-order valence-corrected chi connectivity index (χ3v) is 3.34. The van der Waals surface area contributed by atoms with Gasteiger partial charge < -0.3 is 10.2 Å². The van der Waals surface area contributed by atoms with Gasteiger partial charge in [0, 0.05) is 12.1 Å². The van der Waals surface area contributed by atoms with Crippen LogP contribution in [0.1, 0.15) is 25.3 Å². The fraction of sp³-hybridized carbons (Fsp3) is 0.312. The van der Waals surface area contributed by atoms with Gasteiger partial charge in [-0.25, -0.2) is 5.43 Å². The SMILES string of the molecule is C=C1NNC(=O)C1CCC(=O)NN=Cc1ccc(OCC)cc1. The van der Waals surface area contributed by atoms with Gasteiger partial charge in [-0.2, -0.15) is 5.10 Å². The molecule has 23 heavy (non-hydrogen) atoms. The molecular weight excluding hydrogens is 296 g/mol. The summed E-state index contributed by atoms with van der Waals surface area (Å²) in [5.41, 5.74) is 8.99. The van der Waals surface area contributed by atoms with Crippen LogP contribution in [0.2, 0.25) is 0 Å². The molecule has 7 nitrogen and oxygen atoms in total. The van der Waals surface area contributed by atoms with E-state index in [1.165, 1.54) is 0 Å². The fourth-order valence-electron chi connectivity index (χ4n) is 2.11. The van der Waals surface area contributed by atoms with Gasteiger partial charge >= 0.3 is 0 Å². The molecule has 2 amide bonds. The molecule has 0 radical (unpaired) electrons. The number of carbonyl (C=O) groups excluding carboxylic acids is 2. The molecule has 1 unspecified atom stereocenters. The van der Waals surface area contributed by atoms with E-state index >= 15 is 0 Å². The summed E-state index contributed by atoms with van der Waals surface area (Å²) in [6.45, 7) is 6.26. The summed E-state index contributed by atoms with van der Waals surface area (Å²) in [6.07, 6.45) is 2.14. The Bertz CT molecular complexity index is 594. The summed E-state index contributed by atoms with van der Waals surface area (Å²) in [5.74, 6) is -0.00594. The van der Waals surface area contributed by atoms with Crippen molar-refractivity contribution in [1.29, 1.82) is 0 Å². The third kappa shape index (κ3) is 4.84. The molecule has 2 rings (SSSR count). The second-order valence-electron chi connectivity index (χ2n) is 5.03. The number of benzene rings is 1. The van der Waals surface area contributed by atoms with Crippen molar-refractivity contribution in [3.63, 3.8) is 0 Å². The van der Waals surface area contributed by atoms with Crippen molar-refractivity contribution >= 4 is 18.0 Å². The smallest absolute Gasteiger partial charge is 0.247 e. The zero-order valence-corrected chi connectivity index (χ0v) is 13.0. The molecule has 7 heteroatoms. The average Bonchev–Trinajstić information content (AvgIpc) is 2.86. The number of amides is 2. The van der Waals surface area contributed by atoms with Gasteiger partial charge in [-0.05, 0) is 43.2 Å². The molecule has 122 valence electrons. The monoisotopic (exact) mass is 316 g/mol. The van der Waals surface area contributed by atoms with E-state index in [1.807, 2.05) is 31.2 Å². The number of rotatable bonds is 7. The largest absolute Gasteiger partial charge is 0.494 e. The molecule has 1 atom stereocenters. The van der Waals surface area contributed by atoms with Crippen LogP contribution in [0.3, 0.4) is 0 Å². The maximum atomic E-state index is 11.7. The first-order chi connectivity index (χ1) is 11.1. The maximum Gasteiger partial charge on any atom is 0.247 e. The Kier molecular flexibility index (Phi) is 5.74. The van der Waals surface area contributed by atoms with E-state index in [1.54, 1.807) is 6.21 Å². The number of hydrogen-bond acceptors (Lipinski definition) is 5. The number of hydrazine groups is 1. The van der Waals surface area contributed by atoms with Gasteiger partial charge in [0.05, 0.1) is 18.7 Å². The molecule has 0 aromatic heterocycles. The normalized spacial score (nSPS) is 17.0. The van der Waals surface area contributed by atoms with E-state index < -0.39 is 0 Å². The second kappa shape index (κ2) is 7.98. The first-order valence-electron chi connectivity index (χ1n) is 7.39. The summed E-state index contributed by atoms with van der Waals surface area (Å²) < 4.78 is 5.34. The van der Waals surface area contributed by atoms with Crippen LogP contribution >= 0.6 is 0 Å². The first-order valence-corrected chi connectivity index (χ1v) is 7.39. The minimum absolute atomic E-state index is 0.166. The highest BCUT2D eigenvalue weighted by molar-refractivity contribution is 5.85. The molecule has 1 heterocycles. The summed E-state index contributed by atoms with van der Waals surface area (Å²) in [7, 11) is 0. The molecule has 1 aliphatic rings. The molecule has 0 bridgehead atoms. The minimum atomic E-state index is -0.379. The molecule has 0 aliphatic carbocycles. The predicted octanol–water partition coefficient (Wildman–Crippen LogP) is 1.08. The van der Waals surface area contributed by atoms with E-state index in [2.05, 4.69) is 28.0 Å². The van der Waals surface area contributed by atoms with Crippen molar-refractivity contribution in [3.05, 3.63) is 42.1 Å². The van der Waals surface area contributed by atoms with E-state index in [0.717, 1.165) is 11.3 Å². The molecule has 0 spiro atoms. The van der Waals surface area contributed by atoms with Crippen molar-refractivity contribution in [2.24, 2.45) is 11.0 Å². The van der Waals surface area contributed by atoms with Gasteiger partial charge in [-0.15, -0.1) is 0 Å². The lowest BCUT2D eigenvalue weighted by molar-refractivity contribution is -0.123. The molecule has 0 saturated carbocycles. The second-order valence-corrected chi connectivity index (χ2v) is 5.03. The van der Waals surface area contributed by atoms with Gasteiger partial charge in [-0.1, -0.05) is 6.58 Å². The van der Waals surface area contributed by atoms with Crippen molar-refractivity contribution in [2.45, 2.75) is 19.8 Å². The first kappa shape index (κ1) is 16.5. The van der Waals surface area contributed by atoms with Crippen LogP contribution in [0.25, 0.3) is 0 Å². The Morgan fingerprint density at radius 2 is 2.13 bits per heavy atom. The zero-order chi connectivity index (χ0) is 16.7. The van der Waals surface area contributed by atoms with Crippen LogP contribution in [0.15, 0.2) is 41.6 Å². The van der Waals surface area contributed by atoms with Gasteiger partial charge in [0.2, 0.25) is 11.8 Å². The lowest BCUT2D eigenvalue weighted by Gasteiger charge is -2.05. The highest BCUT2D eigenvalue weighted by Crippen LogP contribution is 2.17. The Labute approximate surface area is 134 Å². The molecule has 1 fully saturated rings. The minimum Gasteiger partial charge on any atom is -0.494 e. The number of nitrogens with one attached hydrogen (secondary N) is 3. The van der Waals surface area contributed by atoms with E-state index in [0.29, 0.717) is 18.7 Å². The molecule has 3 N–H and O–H groups in total. The van der Waals surface area contributed by atoms with Crippen LogP contribution in [-0.2, 0) is 9.59 Å². The molecular formula is C16H20N4O3. The van der Waals surface area contributed by atoms with Crippen LogP contribution in [0.5, 0.6) is 5.75 Å². The topological polar surface area (TPSA) is 91.8 Å². The third-order valence-electron chi connectivity index (χ3n) is 3.34. The number of carbonyl (C=O) groups is 2. The highest BCUT2D eigenvalue weighted by atomic mass is 16.5. The highest BCUT2D eigenvalue weighted by Gasteiger charge is 2.27. The maximum absolute atomic E-state index is 11.7. The summed E-state index contributed by atoms with van der Waals surface area (Å²) in [5, 5.41) is 3.90. The van der Waals surface area contributed by atoms with Crippen LogP contribution in [0, 0.1) is 5.92 Å². The Morgan fingerprint density at radius 3 is 2.74 bits per heavy atom. The molecule has 1 aliphatic heterocycles. The van der Waals surface area contributed by atoms with E-state index in [4.69, 9.17) is 4.74 Å². The lowest BCUT2D eigenvalue weighted by Crippen LogP contribution is -2.26. The van der Waals surface area contributed by atoms with Gasteiger partial charge in [0.1, 0.15) is 5.75 Å². The van der Waals surface area contributed by atoms with Crippen LogP contribution < -0.4 is 21.0 Å². The number of hydrazone groups is 1. The Morgan fingerprint density at radius 1 is 1.39 bits per heavy atom. The standard InChI is InChI=1S/C16H20N4O3/c1-3-23-13-6-4-12(5-7-13)10-17-19-15(21)9-8-14-11(2)18-20-16(14)22/h4-7,10,14,18H,2-3,8-9H2,1H3,(H,19,21)(H,20,22). The lowest BCUT2D eigenvalue weighted by atomic mass is 10.0. The van der Waals surface area contributed by atoms with Crippen LogP contribution in [-0.4, -0.2) is 24.6 Å². The number of ether oxygens (including phenoxy) is 1. The molecule has 1 aromatic rings. The van der Waals surface area contributed by atoms with Gasteiger partial charge in [0.25, 0.3) is 0 Å². The molecule has 1 saturated heterocycles. The molecule has 1 aromatic carbocycles. The Hall–Kier alpha value is -2.83. The summed E-state index contributed by atoms with van der Waals surface area (Å²) in [4.78, 5) is 23.2. The average molecular weight is 316 g/mol.